The van der Waals surface area contributed by atoms with Crippen molar-refractivity contribution in [2.24, 2.45) is 5.16 Å². The number of carbonyl (C=O) groups is 1. The molecule has 0 saturated heterocycles. The number of benzene rings is 1. The Kier molecular flexibility index (Phi) is 4.80. The first-order valence-corrected chi connectivity index (χ1v) is 5.01. The van der Waals surface area contributed by atoms with Gasteiger partial charge in [0, 0.05) is 0 Å². The zero-order valence-electron chi connectivity index (χ0n) is 9.64. The van der Waals surface area contributed by atoms with E-state index in [1.807, 2.05) is 6.92 Å². The quantitative estimate of drug-likeness (QED) is 0.462. The van der Waals surface area contributed by atoms with E-state index in [4.69, 9.17) is 14.7 Å². The lowest BCUT2D eigenvalue weighted by molar-refractivity contribution is -0.110. The Bertz CT molecular complexity index is 418. The second kappa shape index (κ2) is 6.37. The molecule has 0 fully saturated rings. The minimum atomic E-state index is -0.554. The van der Waals surface area contributed by atoms with Crippen molar-refractivity contribution < 1.29 is 19.5 Å². The van der Waals surface area contributed by atoms with Gasteiger partial charge in [-0.25, -0.2) is 0 Å². The number of para-hydroxylation sites is 1. The smallest absolute Gasteiger partial charge is 0.270 e. The third kappa shape index (κ3) is 3.37. The summed E-state index contributed by atoms with van der Waals surface area (Å²) in [6.45, 7) is 2.27. The van der Waals surface area contributed by atoms with Gasteiger partial charge in [0.1, 0.15) is 6.21 Å². The van der Waals surface area contributed by atoms with Crippen LogP contribution in [-0.4, -0.2) is 31.0 Å². The van der Waals surface area contributed by atoms with E-state index in [2.05, 4.69) is 10.5 Å². The molecule has 0 aromatic heterocycles. The van der Waals surface area contributed by atoms with Crippen LogP contribution in [0.4, 0.5) is 5.69 Å². The molecule has 2 N–H and O–H groups in total. The normalized spacial score (nSPS) is 10.2. The van der Waals surface area contributed by atoms with Crippen molar-refractivity contribution in [2.45, 2.75) is 6.92 Å². The van der Waals surface area contributed by atoms with Gasteiger partial charge in [0.05, 0.1) is 19.4 Å². The zero-order valence-corrected chi connectivity index (χ0v) is 9.64. The highest BCUT2D eigenvalue weighted by Gasteiger charge is 2.11. The molecular weight excluding hydrogens is 224 g/mol. The molecule has 0 spiro atoms. The van der Waals surface area contributed by atoms with Crippen molar-refractivity contribution in [1.29, 1.82) is 0 Å². The van der Waals surface area contributed by atoms with E-state index in [0.717, 1.165) is 6.21 Å². The van der Waals surface area contributed by atoms with E-state index >= 15 is 0 Å². The van der Waals surface area contributed by atoms with E-state index in [1.54, 1.807) is 18.2 Å². The summed E-state index contributed by atoms with van der Waals surface area (Å²) in [7, 11) is 1.51. The Balaban J connectivity index is 3.00. The minimum absolute atomic E-state index is 0.442. The van der Waals surface area contributed by atoms with Crippen molar-refractivity contribution in [1.82, 2.24) is 0 Å². The molecule has 0 radical (unpaired) electrons. The van der Waals surface area contributed by atoms with Gasteiger partial charge in [-0.2, -0.15) is 0 Å². The zero-order chi connectivity index (χ0) is 12.7. The number of nitrogens with zero attached hydrogens (tertiary/aromatic N) is 1. The molecule has 0 heterocycles. The first-order chi connectivity index (χ1) is 8.22. The highest BCUT2D eigenvalue weighted by molar-refractivity contribution is 6.31. The molecule has 0 aliphatic rings. The Morgan fingerprint density at radius 2 is 2.35 bits per heavy atom. The van der Waals surface area contributed by atoms with Crippen LogP contribution in [0.5, 0.6) is 11.5 Å². The average molecular weight is 238 g/mol. The number of oxime groups is 1. The van der Waals surface area contributed by atoms with Crippen LogP contribution in [0.25, 0.3) is 0 Å². The molecule has 1 amide bonds. The van der Waals surface area contributed by atoms with Gasteiger partial charge in [0.25, 0.3) is 5.91 Å². The van der Waals surface area contributed by atoms with E-state index in [-0.39, 0.29) is 0 Å². The van der Waals surface area contributed by atoms with Crippen LogP contribution in [0.2, 0.25) is 0 Å². The molecule has 92 valence electrons. The van der Waals surface area contributed by atoms with Crippen molar-refractivity contribution >= 4 is 17.8 Å². The maximum absolute atomic E-state index is 11.3. The van der Waals surface area contributed by atoms with Crippen molar-refractivity contribution in [3.8, 4) is 11.5 Å². The van der Waals surface area contributed by atoms with Crippen LogP contribution < -0.4 is 14.8 Å². The SMILES string of the molecule is CCOc1c(NC(=O)C=NO)cccc1OC. The summed E-state index contributed by atoms with van der Waals surface area (Å²) < 4.78 is 10.5. The number of nitrogens with one attached hydrogen (secondary N) is 1. The van der Waals surface area contributed by atoms with Gasteiger partial charge < -0.3 is 20.0 Å². The van der Waals surface area contributed by atoms with Gasteiger partial charge in [-0.3, -0.25) is 4.79 Å². The lowest BCUT2D eigenvalue weighted by atomic mass is 10.2. The first kappa shape index (κ1) is 12.8. The van der Waals surface area contributed by atoms with Crippen molar-refractivity contribution in [2.75, 3.05) is 19.0 Å². The van der Waals surface area contributed by atoms with Gasteiger partial charge in [-0.05, 0) is 19.1 Å². The van der Waals surface area contributed by atoms with Gasteiger partial charge in [0.2, 0.25) is 0 Å². The summed E-state index contributed by atoms with van der Waals surface area (Å²) in [5.74, 6) is 0.407. The summed E-state index contributed by atoms with van der Waals surface area (Å²) in [5.41, 5.74) is 0.455. The Morgan fingerprint density at radius 3 is 2.94 bits per heavy atom. The van der Waals surface area contributed by atoms with Crippen LogP contribution in [0.3, 0.4) is 0 Å². The molecule has 0 bridgehead atoms. The summed E-state index contributed by atoms with van der Waals surface area (Å²) in [4.78, 5) is 11.3. The number of methoxy groups -OCH3 is 1. The summed E-state index contributed by atoms with van der Waals surface area (Å²) in [6, 6.07) is 5.10. The van der Waals surface area contributed by atoms with Gasteiger partial charge in [-0.15, -0.1) is 0 Å². The topological polar surface area (TPSA) is 80.2 Å². The van der Waals surface area contributed by atoms with Crippen LogP contribution in [0.1, 0.15) is 6.92 Å². The highest BCUT2D eigenvalue weighted by Crippen LogP contribution is 2.34. The number of anilines is 1. The second-order valence-electron chi connectivity index (χ2n) is 3.00. The predicted molar refractivity (Wildman–Crippen MR) is 63.1 cm³/mol. The lowest BCUT2D eigenvalue weighted by Gasteiger charge is -2.13. The molecule has 6 nitrogen and oxygen atoms in total. The van der Waals surface area contributed by atoms with Gasteiger partial charge in [-0.1, -0.05) is 11.2 Å². The second-order valence-corrected chi connectivity index (χ2v) is 3.00. The molecule has 6 heteroatoms. The van der Waals surface area contributed by atoms with Crippen LogP contribution in [0.15, 0.2) is 23.4 Å². The van der Waals surface area contributed by atoms with Crippen molar-refractivity contribution in [3.63, 3.8) is 0 Å². The Labute approximate surface area is 98.8 Å². The lowest BCUT2D eigenvalue weighted by Crippen LogP contribution is -2.13. The van der Waals surface area contributed by atoms with Gasteiger partial charge in [0.15, 0.2) is 11.5 Å². The largest absolute Gasteiger partial charge is 0.493 e. The number of carbonyl (C=O) groups excluding carboxylic acids is 1. The van der Waals surface area contributed by atoms with Crippen molar-refractivity contribution in [3.05, 3.63) is 18.2 Å². The fourth-order valence-corrected chi connectivity index (χ4v) is 1.29. The molecule has 1 aromatic rings. The maximum atomic E-state index is 11.3. The maximum Gasteiger partial charge on any atom is 0.270 e. The summed E-state index contributed by atoms with van der Waals surface area (Å²) in [5, 5.41) is 13.4. The fourth-order valence-electron chi connectivity index (χ4n) is 1.29. The molecule has 0 unspecified atom stereocenters. The highest BCUT2D eigenvalue weighted by atomic mass is 16.5. The Morgan fingerprint density at radius 1 is 1.59 bits per heavy atom. The average Bonchev–Trinajstić information content (AvgIpc) is 2.32. The molecule has 0 saturated carbocycles. The Hall–Kier alpha value is -2.24. The van der Waals surface area contributed by atoms with E-state index in [1.165, 1.54) is 7.11 Å². The number of ether oxygens (including phenoxy) is 2. The summed E-state index contributed by atoms with van der Waals surface area (Å²) >= 11 is 0. The third-order valence-electron chi connectivity index (χ3n) is 1.92. The fraction of sp³-hybridized carbons (Fsp3) is 0.273. The summed E-state index contributed by atoms with van der Waals surface area (Å²) in [6.07, 6.45) is 0.759. The molecule has 1 rings (SSSR count). The third-order valence-corrected chi connectivity index (χ3v) is 1.92. The molecule has 17 heavy (non-hydrogen) atoms. The predicted octanol–water partition coefficient (Wildman–Crippen LogP) is 1.49. The van der Waals surface area contributed by atoms with E-state index in [9.17, 15) is 4.79 Å². The van der Waals surface area contributed by atoms with E-state index < -0.39 is 5.91 Å². The van der Waals surface area contributed by atoms with E-state index in [0.29, 0.717) is 23.8 Å². The monoisotopic (exact) mass is 238 g/mol. The molecular formula is C11H14N2O4. The van der Waals surface area contributed by atoms with Crippen LogP contribution >= 0.6 is 0 Å². The molecule has 0 atom stereocenters. The van der Waals surface area contributed by atoms with Gasteiger partial charge >= 0.3 is 0 Å². The number of amides is 1. The number of hydrogen-bond acceptors (Lipinski definition) is 5. The number of rotatable bonds is 5. The standard InChI is InChI=1S/C11H14N2O4/c1-3-17-11-8(13-10(14)7-12-15)5-4-6-9(11)16-2/h4-7,15H,3H2,1-2H3,(H,13,14). The molecule has 0 aliphatic heterocycles. The van der Waals surface area contributed by atoms with Crippen LogP contribution in [-0.2, 0) is 4.79 Å². The van der Waals surface area contributed by atoms with Crippen LogP contribution in [0, 0.1) is 0 Å². The minimum Gasteiger partial charge on any atom is -0.493 e. The molecule has 0 aliphatic carbocycles. The first-order valence-electron chi connectivity index (χ1n) is 5.01. The molecule has 1 aromatic carbocycles. The number of hydrogen-bond donors (Lipinski definition) is 2.